The summed E-state index contributed by atoms with van der Waals surface area (Å²) in [5.41, 5.74) is 1.07. The summed E-state index contributed by atoms with van der Waals surface area (Å²) in [6, 6.07) is 7.48. The minimum absolute atomic E-state index is 0.220. The van der Waals surface area contributed by atoms with Gasteiger partial charge in [0.2, 0.25) is 0 Å². The Bertz CT molecular complexity index is 600. The molecule has 0 aromatic heterocycles. The summed E-state index contributed by atoms with van der Waals surface area (Å²) in [7, 11) is 0. The summed E-state index contributed by atoms with van der Waals surface area (Å²) in [5.74, 6) is -0.491. The highest BCUT2D eigenvalue weighted by Gasteiger charge is 2.07. The second kappa shape index (κ2) is 20.1. The standard InChI is InChI=1S/C27H43ClO4/c1-2-3-4-5-6-7-8-9-10-11-12-13-22-31-26(29)15-14-16-27(30)32-23-21-24-17-19-25(28)20-18-24/h17-20H,2-16,21-23H2,1H3. The molecule has 0 aliphatic rings. The first-order valence-corrected chi connectivity index (χ1v) is 13.0. The molecule has 0 spiro atoms. The number of ether oxygens (including phenoxy) is 2. The SMILES string of the molecule is CCCCCCCCCCCCCCOC(=O)CCCC(=O)OCCc1ccc(Cl)cc1. The van der Waals surface area contributed by atoms with Gasteiger partial charge in [0.05, 0.1) is 13.2 Å². The van der Waals surface area contributed by atoms with Crippen molar-refractivity contribution in [2.24, 2.45) is 0 Å². The molecule has 1 rings (SSSR count). The van der Waals surface area contributed by atoms with Crippen molar-refractivity contribution in [1.29, 1.82) is 0 Å². The van der Waals surface area contributed by atoms with E-state index >= 15 is 0 Å². The number of rotatable bonds is 20. The Labute approximate surface area is 200 Å². The monoisotopic (exact) mass is 466 g/mol. The molecule has 0 radical (unpaired) electrons. The summed E-state index contributed by atoms with van der Waals surface area (Å²) >= 11 is 5.85. The maximum atomic E-state index is 11.8. The molecule has 0 amide bonds. The molecule has 5 heteroatoms. The Morgan fingerprint density at radius 1 is 0.656 bits per heavy atom. The number of carbonyl (C=O) groups is 2. The minimum atomic E-state index is -0.271. The van der Waals surface area contributed by atoms with Crippen LogP contribution in [0.1, 0.15) is 109 Å². The molecule has 0 fully saturated rings. The van der Waals surface area contributed by atoms with E-state index in [1.165, 1.54) is 64.2 Å². The van der Waals surface area contributed by atoms with Gasteiger partial charge in [-0.2, -0.15) is 0 Å². The van der Waals surface area contributed by atoms with Crippen LogP contribution in [-0.2, 0) is 25.5 Å². The Hall–Kier alpha value is -1.55. The fraction of sp³-hybridized carbons (Fsp3) is 0.704. The first kappa shape index (κ1) is 28.5. The lowest BCUT2D eigenvalue weighted by Crippen LogP contribution is -2.10. The van der Waals surface area contributed by atoms with E-state index < -0.39 is 0 Å². The second-order valence-electron chi connectivity index (χ2n) is 8.56. The first-order chi connectivity index (χ1) is 15.6. The molecule has 0 unspecified atom stereocenters. The highest BCUT2D eigenvalue weighted by Crippen LogP contribution is 2.12. The molecule has 0 saturated heterocycles. The van der Waals surface area contributed by atoms with E-state index in [1.807, 2.05) is 24.3 Å². The molecular formula is C27H43ClO4. The Kier molecular flexibility index (Phi) is 17.9. The smallest absolute Gasteiger partial charge is 0.305 e. The maximum absolute atomic E-state index is 11.8. The van der Waals surface area contributed by atoms with Crippen molar-refractivity contribution in [3.63, 3.8) is 0 Å². The number of unbranched alkanes of at least 4 members (excludes halogenated alkanes) is 11. The normalized spacial score (nSPS) is 10.8. The van der Waals surface area contributed by atoms with Gasteiger partial charge in [0, 0.05) is 24.3 Å². The molecule has 1 aromatic carbocycles. The fourth-order valence-corrected chi connectivity index (χ4v) is 3.71. The molecule has 0 N–H and O–H groups in total. The van der Waals surface area contributed by atoms with Crippen molar-refractivity contribution in [2.45, 2.75) is 110 Å². The summed E-state index contributed by atoms with van der Waals surface area (Å²) < 4.78 is 10.5. The molecule has 32 heavy (non-hydrogen) atoms. The number of hydrogen-bond donors (Lipinski definition) is 0. The van der Waals surface area contributed by atoms with Gasteiger partial charge in [-0.1, -0.05) is 101 Å². The van der Waals surface area contributed by atoms with Gasteiger partial charge in [-0.25, -0.2) is 0 Å². The van der Waals surface area contributed by atoms with Crippen LogP contribution in [0.25, 0.3) is 0 Å². The molecular weight excluding hydrogens is 424 g/mol. The van der Waals surface area contributed by atoms with Crippen molar-refractivity contribution >= 4 is 23.5 Å². The van der Waals surface area contributed by atoms with Gasteiger partial charge < -0.3 is 9.47 Å². The lowest BCUT2D eigenvalue weighted by Gasteiger charge is -2.06. The summed E-state index contributed by atoms with van der Waals surface area (Å²) in [6.07, 6.45) is 17.1. The van der Waals surface area contributed by atoms with E-state index in [0.717, 1.165) is 18.4 Å². The third-order valence-corrected chi connectivity index (χ3v) is 5.84. The third-order valence-electron chi connectivity index (χ3n) is 5.59. The predicted molar refractivity (Wildman–Crippen MR) is 132 cm³/mol. The van der Waals surface area contributed by atoms with Crippen molar-refractivity contribution in [3.8, 4) is 0 Å². The van der Waals surface area contributed by atoms with Gasteiger partial charge in [0.25, 0.3) is 0 Å². The number of carbonyl (C=O) groups excluding carboxylic acids is 2. The van der Waals surface area contributed by atoms with Crippen LogP contribution < -0.4 is 0 Å². The van der Waals surface area contributed by atoms with Gasteiger partial charge in [-0.3, -0.25) is 9.59 Å². The predicted octanol–water partition coefficient (Wildman–Crippen LogP) is 7.84. The van der Waals surface area contributed by atoms with Crippen molar-refractivity contribution in [3.05, 3.63) is 34.9 Å². The van der Waals surface area contributed by atoms with Gasteiger partial charge in [-0.15, -0.1) is 0 Å². The molecule has 0 aliphatic heterocycles. The molecule has 0 bridgehead atoms. The van der Waals surface area contributed by atoms with Gasteiger partial charge >= 0.3 is 11.9 Å². The molecule has 0 heterocycles. The number of benzene rings is 1. The Morgan fingerprint density at radius 2 is 1.12 bits per heavy atom. The molecule has 0 saturated carbocycles. The highest BCUT2D eigenvalue weighted by molar-refractivity contribution is 6.30. The molecule has 1 aromatic rings. The van der Waals surface area contributed by atoms with E-state index in [-0.39, 0.29) is 24.8 Å². The zero-order valence-electron chi connectivity index (χ0n) is 20.0. The van der Waals surface area contributed by atoms with Crippen molar-refractivity contribution in [1.82, 2.24) is 0 Å². The molecule has 0 atom stereocenters. The number of hydrogen-bond acceptors (Lipinski definition) is 4. The largest absolute Gasteiger partial charge is 0.466 e. The van der Waals surface area contributed by atoms with Crippen molar-refractivity contribution in [2.75, 3.05) is 13.2 Å². The summed E-state index contributed by atoms with van der Waals surface area (Å²) in [4.78, 5) is 23.5. The van der Waals surface area contributed by atoms with Crippen molar-refractivity contribution < 1.29 is 19.1 Å². The van der Waals surface area contributed by atoms with Gasteiger partial charge in [-0.05, 0) is 30.5 Å². The van der Waals surface area contributed by atoms with Gasteiger partial charge in [0.15, 0.2) is 0 Å². The lowest BCUT2D eigenvalue weighted by molar-refractivity contribution is -0.145. The molecule has 0 aliphatic carbocycles. The Balaban J connectivity index is 1.85. The topological polar surface area (TPSA) is 52.6 Å². The van der Waals surface area contributed by atoms with E-state index in [4.69, 9.17) is 21.1 Å². The summed E-state index contributed by atoms with van der Waals surface area (Å²) in [6.45, 7) is 3.08. The number of esters is 2. The second-order valence-corrected chi connectivity index (χ2v) is 9.00. The van der Waals surface area contributed by atoms with Gasteiger partial charge in [0.1, 0.15) is 0 Å². The van der Waals surface area contributed by atoms with E-state index in [2.05, 4.69) is 6.92 Å². The average Bonchev–Trinajstić information content (AvgIpc) is 2.78. The summed E-state index contributed by atoms with van der Waals surface area (Å²) in [5, 5.41) is 0.691. The minimum Gasteiger partial charge on any atom is -0.466 e. The van der Waals surface area contributed by atoms with Crippen LogP contribution in [0.15, 0.2) is 24.3 Å². The van der Waals surface area contributed by atoms with E-state index in [1.54, 1.807) is 0 Å². The Morgan fingerprint density at radius 3 is 1.66 bits per heavy atom. The number of halogens is 1. The van der Waals surface area contributed by atoms with Crippen LogP contribution in [0.5, 0.6) is 0 Å². The van der Waals surface area contributed by atoms with Crippen LogP contribution in [0.4, 0.5) is 0 Å². The van der Waals surface area contributed by atoms with E-state index in [0.29, 0.717) is 31.1 Å². The first-order valence-electron chi connectivity index (χ1n) is 12.7. The molecule has 182 valence electrons. The lowest BCUT2D eigenvalue weighted by atomic mass is 10.1. The van der Waals surface area contributed by atoms with Crippen LogP contribution in [0, 0.1) is 0 Å². The van der Waals surface area contributed by atoms with Crippen LogP contribution >= 0.6 is 11.6 Å². The van der Waals surface area contributed by atoms with Crippen LogP contribution in [0.2, 0.25) is 5.02 Å². The zero-order chi connectivity index (χ0) is 23.3. The highest BCUT2D eigenvalue weighted by atomic mass is 35.5. The average molecular weight is 467 g/mol. The maximum Gasteiger partial charge on any atom is 0.305 e. The van der Waals surface area contributed by atoms with E-state index in [9.17, 15) is 9.59 Å². The van der Waals surface area contributed by atoms with Crippen LogP contribution in [0.3, 0.4) is 0 Å². The zero-order valence-corrected chi connectivity index (χ0v) is 20.8. The molecule has 4 nitrogen and oxygen atoms in total. The fourth-order valence-electron chi connectivity index (χ4n) is 3.58. The van der Waals surface area contributed by atoms with Crippen LogP contribution in [-0.4, -0.2) is 25.2 Å². The quantitative estimate of drug-likeness (QED) is 0.145. The third kappa shape index (κ3) is 17.1.